The molecule has 0 bridgehead atoms. The molecular formula is C12H19N5O2. The second-order valence-electron chi connectivity index (χ2n) is 3.85. The summed E-state index contributed by atoms with van der Waals surface area (Å²) in [5.74, 6) is 9.15. The number of hydrogen-bond donors (Lipinski definition) is 4. The monoisotopic (exact) mass is 265 g/mol. The number of carbonyl (C=O) groups excluding carboxylic acids is 2. The predicted octanol–water partition coefficient (Wildman–Crippen LogP) is -0.260. The van der Waals surface area contributed by atoms with Gasteiger partial charge >= 0.3 is 0 Å². The van der Waals surface area contributed by atoms with Crippen molar-refractivity contribution in [2.45, 2.75) is 13.8 Å². The van der Waals surface area contributed by atoms with Gasteiger partial charge in [-0.05, 0) is 32.0 Å². The Labute approximate surface area is 111 Å². The number of rotatable bonds is 5. The number of benzene rings is 1. The van der Waals surface area contributed by atoms with Crippen LogP contribution in [0.4, 0.5) is 5.69 Å². The Morgan fingerprint density at radius 2 is 1.58 bits per heavy atom. The standard InChI is InChI=1S/C12H19N5O2/c1-3-17(4-2)8-5-6-9(11(18)15-13)10(7-8)12(19)16-14/h5-7H,3-4,13-14H2,1-2H3,(H,15,18)(H,16,19). The molecule has 0 aliphatic heterocycles. The summed E-state index contributed by atoms with van der Waals surface area (Å²) < 4.78 is 0. The Hall–Kier alpha value is -2.12. The second-order valence-corrected chi connectivity index (χ2v) is 3.85. The van der Waals surface area contributed by atoms with Gasteiger partial charge in [0.1, 0.15) is 0 Å². The van der Waals surface area contributed by atoms with Crippen molar-refractivity contribution in [1.82, 2.24) is 10.9 Å². The molecule has 0 fully saturated rings. The number of carbonyl (C=O) groups is 2. The average molecular weight is 265 g/mol. The van der Waals surface area contributed by atoms with Crippen molar-refractivity contribution in [3.8, 4) is 0 Å². The van der Waals surface area contributed by atoms with Gasteiger partial charge in [0.15, 0.2) is 0 Å². The lowest BCUT2D eigenvalue weighted by Gasteiger charge is -2.22. The third kappa shape index (κ3) is 3.21. The number of nitrogen functional groups attached to an aromatic ring is 2. The van der Waals surface area contributed by atoms with Crippen LogP contribution >= 0.6 is 0 Å². The van der Waals surface area contributed by atoms with Gasteiger partial charge in [0.05, 0.1) is 11.1 Å². The molecule has 2 amide bonds. The van der Waals surface area contributed by atoms with Crippen LogP contribution in [0.25, 0.3) is 0 Å². The van der Waals surface area contributed by atoms with Crippen molar-refractivity contribution < 1.29 is 9.59 Å². The van der Waals surface area contributed by atoms with Gasteiger partial charge in [-0.25, -0.2) is 11.7 Å². The minimum Gasteiger partial charge on any atom is -0.372 e. The molecule has 0 aromatic heterocycles. The molecule has 0 aliphatic carbocycles. The highest BCUT2D eigenvalue weighted by molar-refractivity contribution is 6.07. The first-order valence-electron chi connectivity index (χ1n) is 5.99. The Balaban J connectivity index is 3.30. The van der Waals surface area contributed by atoms with Gasteiger partial charge in [0, 0.05) is 18.8 Å². The maximum atomic E-state index is 11.7. The van der Waals surface area contributed by atoms with E-state index in [1.807, 2.05) is 24.7 Å². The molecule has 19 heavy (non-hydrogen) atoms. The molecule has 0 saturated carbocycles. The second kappa shape index (κ2) is 6.72. The zero-order valence-electron chi connectivity index (χ0n) is 11.1. The van der Waals surface area contributed by atoms with E-state index in [4.69, 9.17) is 11.7 Å². The number of nitrogens with two attached hydrogens (primary N) is 2. The third-order valence-electron chi connectivity index (χ3n) is 2.88. The number of hydrazine groups is 2. The van der Waals surface area contributed by atoms with Gasteiger partial charge in [-0.15, -0.1) is 0 Å². The Kier molecular flexibility index (Phi) is 5.28. The summed E-state index contributed by atoms with van der Waals surface area (Å²) >= 11 is 0. The normalized spacial score (nSPS) is 9.89. The molecule has 104 valence electrons. The van der Waals surface area contributed by atoms with Crippen LogP contribution < -0.4 is 27.4 Å². The summed E-state index contributed by atoms with van der Waals surface area (Å²) in [6, 6.07) is 4.95. The van der Waals surface area contributed by atoms with Gasteiger partial charge in [-0.3, -0.25) is 20.4 Å². The molecule has 0 aliphatic rings. The molecule has 0 unspecified atom stereocenters. The highest BCUT2D eigenvalue weighted by atomic mass is 16.2. The molecule has 7 nitrogen and oxygen atoms in total. The highest BCUT2D eigenvalue weighted by Gasteiger charge is 2.17. The summed E-state index contributed by atoms with van der Waals surface area (Å²) in [5.41, 5.74) is 5.24. The Morgan fingerprint density at radius 3 is 2.05 bits per heavy atom. The maximum Gasteiger partial charge on any atom is 0.266 e. The van der Waals surface area contributed by atoms with Gasteiger partial charge in [0.25, 0.3) is 11.8 Å². The van der Waals surface area contributed by atoms with E-state index in [0.717, 1.165) is 18.8 Å². The molecule has 0 heterocycles. The lowest BCUT2D eigenvalue weighted by atomic mass is 10.0. The highest BCUT2D eigenvalue weighted by Crippen LogP contribution is 2.19. The van der Waals surface area contributed by atoms with E-state index in [2.05, 4.69) is 4.90 Å². The molecule has 0 radical (unpaired) electrons. The fourth-order valence-corrected chi connectivity index (χ4v) is 1.86. The largest absolute Gasteiger partial charge is 0.372 e. The first-order valence-corrected chi connectivity index (χ1v) is 5.99. The molecule has 7 heteroatoms. The van der Waals surface area contributed by atoms with Gasteiger partial charge in [0.2, 0.25) is 0 Å². The van der Waals surface area contributed by atoms with Crippen LogP contribution in [0.1, 0.15) is 34.6 Å². The number of hydrogen-bond acceptors (Lipinski definition) is 5. The number of nitrogens with one attached hydrogen (secondary N) is 2. The van der Waals surface area contributed by atoms with Crippen LogP contribution in [-0.4, -0.2) is 24.9 Å². The molecule has 6 N–H and O–H groups in total. The van der Waals surface area contributed by atoms with Gasteiger partial charge < -0.3 is 4.90 Å². The quantitative estimate of drug-likeness (QED) is 0.333. The molecule has 1 aromatic carbocycles. The summed E-state index contributed by atoms with van der Waals surface area (Å²) in [7, 11) is 0. The summed E-state index contributed by atoms with van der Waals surface area (Å²) in [4.78, 5) is 25.4. The first-order chi connectivity index (χ1) is 9.08. The SMILES string of the molecule is CCN(CC)c1ccc(C(=O)NN)c(C(=O)NN)c1. The Bertz CT molecular complexity index is 471. The van der Waals surface area contributed by atoms with Gasteiger partial charge in [-0.1, -0.05) is 0 Å². The van der Waals surface area contributed by atoms with Crippen LogP contribution in [0, 0.1) is 0 Å². The van der Waals surface area contributed by atoms with Crippen LogP contribution in [0.2, 0.25) is 0 Å². The fourth-order valence-electron chi connectivity index (χ4n) is 1.86. The van der Waals surface area contributed by atoms with E-state index in [1.54, 1.807) is 18.2 Å². The first kappa shape index (κ1) is 14.9. The minimum absolute atomic E-state index is 0.182. The fraction of sp³-hybridized carbons (Fsp3) is 0.333. The van der Waals surface area contributed by atoms with Crippen molar-refractivity contribution in [3.05, 3.63) is 29.3 Å². The zero-order chi connectivity index (χ0) is 14.4. The topological polar surface area (TPSA) is 113 Å². The molecule has 1 aromatic rings. The summed E-state index contributed by atoms with van der Waals surface area (Å²) in [6.07, 6.45) is 0. The van der Waals surface area contributed by atoms with E-state index in [-0.39, 0.29) is 11.1 Å². The number of anilines is 1. The third-order valence-corrected chi connectivity index (χ3v) is 2.88. The lowest BCUT2D eigenvalue weighted by molar-refractivity contribution is 0.0919. The van der Waals surface area contributed by atoms with E-state index < -0.39 is 11.8 Å². The van der Waals surface area contributed by atoms with Crippen molar-refractivity contribution in [3.63, 3.8) is 0 Å². The predicted molar refractivity (Wildman–Crippen MR) is 73.3 cm³/mol. The molecule has 0 spiro atoms. The Morgan fingerprint density at radius 1 is 1.05 bits per heavy atom. The molecular weight excluding hydrogens is 246 g/mol. The molecule has 0 saturated heterocycles. The zero-order valence-corrected chi connectivity index (χ0v) is 11.1. The smallest absolute Gasteiger partial charge is 0.266 e. The summed E-state index contributed by atoms with van der Waals surface area (Å²) in [5, 5.41) is 0. The van der Waals surface area contributed by atoms with Crippen molar-refractivity contribution >= 4 is 17.5 Å². The number of nitrogens with zero attached hydrogens (tertiary/aromatic N) is 1. The van der Waals surface area contributed by atoms with Crippen LogP contribution in [0.3, 0.4) is 0 Å². The van der Waals surface area contributed by atoms with Crippen LogP contribution in [0.15, 0.2) is 18.2 Å². The van der Waals surface area contributed by atoms with Gasteiger partial charge in [-0.2, -0.15) is 0 Å². The summed E-state index contributed by atoms with van der Waals surface area (Å²) in [6.45, 7) is 5.60. The van der Waals surface area contributed by atoms with Crippen LogP contribution in [0.5, 0.6) is 0 Å². The average Bonchev–Trinajstić information content (AvgIpc) is 2.46. The van der Waals surface area contributed by atoms with E-state index in [9.17, 15) is 9.59 Å². The van der Waals surface area contributed by atoms with E-state index in [1.165, 1.54) is 0 Å². The molecule has 1 rings (SSSR count). The van der Waals surface area contributed by atoms with Crippen LogP contribution in [-0.2, 0) is 0 Å². The lowest BCUT2D eigenvalue weighted by Crippen LogP contribution is -2.35. The van der Waals surface area contributed by atoms with Crippen molar-refractivity contribution in [2.75, 3.05) is 18.0 Å². The van der Waals surface area contributed by atoms with Crippen molar-refractivity contribution in [1.29, 1.82) is 0 Å². The minimum atomic E-state index is -0.537. The van der Waals surface area contributed by atoms with Crippen molar-refractivity contribution in [2.24, 2.45) is 11.7 Å². The number of amides is 2. The maximum absolute atomic E-state index is 11.7. The van der Waals surface area contributed by atoms with E-state index in [0.29, 0.717) is 0 Å². The molecule has 0 atom stereocenters. The van der Waals surface area contributed by atoms with E-state index >= 15 is 0 Å².